The van der Waals surface area contributed by atoms with Crippen LogP contribution in [0.15, 0.2) is 27.5 Å². The Morgan fingerprint density at radius 3 is 2.71 bits per heavy atom. The Bertz CT molecular complexity index is 665. The average Bonchev–Trinajstić information content (AvgIpc) is 2.78. The van der Waals surface area contributed by atoms with E-state index in [1.807, 2.05) is 13.8 Å². The third-order valence-corrected chi connectivity index (χ3v) is 5.81. The van der Waals surface area contributed by atoms with Gasteiger partial charge in [-0.15, -0.1) is 11.8 Å². The van der Waals surface area contributed by atoms with Crippen molar-refractivity contribution in [2.75, 3.05) is 13.2 Å². The quantitative estimate of drug-likeness (QED) is 0.156. The second-order valence-corrected chi connectivity index (χ2v) is 8.49. The van der Waals surface area contributed by atoms with Gasteiger partial charge in [-0.3, -0.25) is 4.79 Å². The van der Waals surface area contributed by atoms with Crippen LogP contribution in [-0.4, -0.2) is 52.1 Å². The Labute approximate surface area is 158 Å². The van der Waals surface area contributed by atoms with Crippen LogP contribution < -0.4 is 0 Å². The molecule has 0 N–H and O–H groups in total. The molecule has 24 heavy (non-hydrogen) atoms. The van der Waals surface area contributed by atoms with Crippen molar-refractivity contribution in [1.82, 2.24) is 4.90 Å². The molecule has 6 nitrogen and oxygen atoms in total. The first-order chi connectivity index (χ1) is 11.2. The molecular formula is C16H18INO5S. The lowest BCUT2D eigenvalue weighted by molar-refractivity contribution is -0.156. The number of nitrogens with zero attached hydrogens (tertiary/aromatic N) is 1. The smallest absolute Gasteiger partial charge is 0.352 e. The number of carbonyl (C=O) groups excluding carboxylic acids is 3. The number of halogens is 1. The van der Waals surface area contributed by atoms with Gasteiger partial charge in [-0.2, -0.15) is 0 Å². The van der Waals surface area contributed by atoms with Crippen molar-refractivity contribution in [3.8, 4) is 0 Å². The average molecular weight is 463 g/mol. The molecular weight excluding hydrogens is 445 g/mol. The Hall–Kier alpha value is -1.25. The van der Waals surface area contributed by atoms with Gasteiger partial charge in [0.25, 0.3) is 5.91 Å². The molecule has 2 rings (SSSR count). The minimum atomic E-state index is -0.675. The van der Waals surface area contributed by atoms with Crippen molar-refractivity contribution in [3.63, 3.8) is 0 Å². The lowest BCUT2D eigenvalue weighted by Gasteiger charge is -2.38. The number of fused-ring (bicyclic) bond motifs is 1. The summed E-state index contributed by atoms with van der Waals surface area (Å²) in [5, 5.41) is -0.312. The lowest BCUT2D eigenvalue weighted by atomic mass is 9.96. The zero-order valence-electron chi connectivity index (χ0n) is 13.6. The molecule has 0 bridgehead atoms. The molecule has 0 saturated carbocycles. The molecule has 1 amide bonds. The van der Waals surface area contributed by atoms with E-state index >= 15 is 0 Å². The third-order valence-electron chi connectivity index (χ3n) is 3.58. The lowest BCUT2D eigenvalue weighted by Crippen LogP contribution is -2.58. The molecule has 2 fully saturated rings. The van der Waals surface area contributed by atoms with Crippen LogP contribution in [0, 0.1) is 0 Å². The topological polar surface area (TPSA) is 72.9 Å². The standard InChI is InChI=1S/C16H18INO5S/c1-5-7-23-15(21)11-16(3,4)24-13-9(12(19)18(11)13)8-10(17)14(20)22-6-2/h5,11,13H,1,6-7H2,2-4H3/t8?,11-,13+/m0/s1. The molecule has 2 atom stereocenters. The molecule has 0 unspecified atom stereocenters. The van der Waals surface area contributed by atoms with E-state index in [0.29, 0.717) is 5.57 Å². The van der Waals surface area contributed by atoms with Gasteiger partial charge in [0.05, 0.1) is 12.2 Å². The zero-order chi connectivity index (χ0) is 18.1. The summed E-state index contributed by atoms with van der Waals surface area (Å²) in [4.78, 5) is 37.9. The predicted octanol–water partition coefficient (Wildman–Crippen LogP) is 2.19. The summed E-state index contributed by atoms with van der Waals surface area (Å²) in [6.07, 6.45) is 1.48. The van der Waals surface area contributed by atoms with Crippen molar-refractivity contribution < 1.29 is 23.9 Å². The van der Waals surface area contributed by atoms with E-state index in [0.717, 1.165) is 0 Å². The SMILES string of the molecule is C=CCOC(=O)[C@@H]1N2C(=O)C(=C=C(I)C(=O)OCC)[C@H]2SC1(C)C. The summed E-state index contributed by atoms with van der Waals surface area (Å²) in [7, 11) is 0. The van der Waals surface area contributed by atoms with Gasteiger partial charge in [-0.05, 0) is 43.4 Å². The van der Waals surface area contributed by atoms with Gasteiger partial charge in [-0.1, -0.05) is 18.4 Å². The highest BCUT2D eigenvalue weighted by atomic mass is 127. The monoisotopic (exact) mass is 463 g/mol. The van der Waals surface area contributed by atoms with Crippen molar-refractivity contribution in [1.29, 1.82) is 0 Å². The molecule has 0 radical (unpaired) electrons. The Morgan fingerprint density at radius 1 is 1.46 bits per heavy atom. The highest BCUT2D eigenvalue weighted by molar-refractivity contribution is 14.1. The van der Waals surface area contributed by atoms with Crippen LogP contribution >= 0.6 is 34.4 Å². The van der Waals surface area contributed by atoms with Crippen LogP contribution in [0.4, 0.5) is 0 Å². The molecule has 8 heteroatoms. The minimum Gasteiger partial charge on any atom is -0.462 e. The number of amides is 1. The van der Waals surface area contributed by atoms with Crippen LogP contribution in [0.1, 0.15) is 20.8 Å². The summed E-state index contributed by atoms with van der Waals surface area (Å²) in [5.74, 6) is -1.27. The Kier molecular flexibility index (Phi) is 5.83. The van der Waals surface area contributed by atoms with Gasteiger partial charge in [-0.25, -0.2) is 9.59 Å². The molecule has 0 aliphatic carbocycles. The fourth-order valence-electron chi connectivity index (χ4n) is 2.58. The van der Waals surface area contributed by atoms with Crippen LogP contribution in [0.2, 0.25) is 0 Å². The molecule has 0 spiro atoms. The number of hydrogen-bond acceptors (Lipinski definition) is 6. The first-order valence-corrected chi connectivity index (χ1v) is 9.31. The van der Waals surface area contributed by atoms with E-state index in [1.165, 1.54) is 22.7 Å². The molecule has 2 heterocycles. The van der Waals surface area contributed by atoms with E-state index in [2.05, 4.69) is 12.3 Å². The molecule has 0 aromatic rings. The van der Waals surface area contributed by atoms with Crippen LogP contribution in [0.3, 0.4) is 0 Å². The zero-order valence-corrected chi connectivity index (χ0v) is 16.6. The minimum absolute atomic E-state index is 0.103. The molecule has 2 aliphatic heterocycles. The highest BCUT2D eigenvalue weighted by Crippen LogP contribution is 2.53. The number of esters is 2. The van der Waals surface area contributed by atoms with Gasteiger partial charge in [0.1, 0.15) is 21.6 Å². The number of carbonyl (C=O) groups is 3. The van der Waals surface area contributed by atoms with Crippen LogP contribution in [0.5, 0.6) is 0 Å². The van der Waals surface area contributed by atoms with Gasteiger partial charge in [0, 0.05) is 4.75 Å². The second-order valence-electron chi connectivity index (χ2n) is 5.68. The van der Waals surface area contributed by atoms with E-state index in [1.54, 1.807) is 29.5 Å². The van der Waals surface area contributed by atoms with Crippen LogP contribution in [0.25, 0.3) is 0 Å². The number of ether oxygens (including phenoxy) is 2. The van der Waals surface area contributed by atoms with E-state index in [9.17, 15) is 14.4 Å². The van der Waals surface area contributed by atoms with E-state index < -0.39 is 22.7 Å². The Balaban J connectivity index is 2.28. The molecule has 0 aromatic heterocycles. The normalized spacial score (nSPS) is 23.8. The van der Waals surface area contributed by atoms with Crippen molar-refractivity contribution >= 4 is 52.2 Å². The molecule has 2 aliphatic rings. The van der Waals surface area contributed by atoms with E-state index in [-0.39, 0.29) is 28.1 Å². The fraction of sp³-hybridized carbons (Fsp3) is 0.500. The largest absolute Gasteiger partial charge is 0.462 e. The summed E-state index contributed by atoms with van der Waals surface area (Å²) in [5.41, 5.74) is 3.21. The fourth-order valence-corrected chi connectivity index (χ4v) is 4.54. The predicted molar refractivity (Wildman–Crippen MR) is 98.4 cm³/mol. The first kappa shape index (κ1) is 19.1. The van der Waals surface area contributed by atoms with Crippen molar-refractivity contribution in [3.05, 3.63) is 27.5 Å². The number of β-lactam (4-membered cyclic amide) rings is 1. The maximum atomic E-state index is 12.5. The van der Waals surface area contributed by atoms with Crippen molar-refractivity contribution in [2.24, 2.45) is 0 Å². The maximum absolute atomic E-state index is 12.5. The Morgan fingerprint density at radius 2 is 2.12 bits per heavy atom. The number of rotatable bonds is 5. The first-order valence-electron chi connectivity index (χ1n) is 7.36. The summed E-state index contributed by atoms with van der Waals surface area (Å²) >= 11 is 3.28. The highest BCUT2D eigenvalue weighted by Gasteiger charge is 2.62. The summed E-state index contributed by atoms with van der Waals surface area (Å²) < 4.78 is 9.73. The molecule has 0 aromatic carbocycles. The van der Waals surface area contributed by atoms with Gasteiger partial charge >= 0.3 is 11.9 Å². The molecule has 2 saturated heterocycles. The summed E-state index contributed by atoms with van der Waals surface area (Å²) in [6.45, 7) is 9.36. The van der Waals surface area contributed by atoms with Gasteiger partial charge in [0.2, 0.25) is 0 Å². The van der Waals surface area contributed by atoms with Gasteiger partial charge in [0.15, 0.2) is 0 Å². The second kappa shape index (κ2) is 7.33. The van der Waals surface area contributed by atoms with Gasteiger partial charge < -0.3 is 14.4 Å². The van der Waals surface area contributed by atoms with Crippen molar-refractivity contribution in [2.45, 2.75) is 36.9 Å². The van der Waals surface area contributed by atoms with E-state index in [4.69, 9.17) is 9.47 Å². The third kappa shape index (κ3) is 3.41. The number of thioether (sulfide) groups is 1. The summed E-state index contributed by atoms with van der Waals surface area (Å²) in [6, 6.07) is -0.675. The number of hydrogen-bond donors (Lipinski definition) is 0. The van der Waals surface area contributed by atoms with Crippen LogP contribution in [-0.2, 0) is 23.9 Å². The molecule has 130 valence electrons. The maximum Gasteiger partial charge on any atom is 0.352 e.